The van der Waals surface area contributed by atoms with Gasteiger partial charge < -0.3 is 5.11 Å². The molecule has 0 aliphatic rings. The van der Waals surface area contributed by atoms with E-state index in [9.17, 15) is 4.79 Å². The first kappa shape index (κ1) is 22.6. The number of carboxylic acids is 1. The molecule has 1 atom stereocenters. The maximum absolute atomic E-state index is 10.5. The van der Waals surface area contributed by atoms with E-state index in [1.54, 1.807) is 0 Å². The lowest BCUT2D eigenvalue weighted by molar-refractivity contribution is -0.137. The third-order valence-corrected chi connectivity index (χ3v) is 5.08. The quantitative estimate of drug-likeness (QED) is 0.343. The van der Waals surface area contributed by atoms with E-state index in [1.807, 2.05) is 0 Å². The summed E-state index contributed by atoms with van der Waals surface area (Å²) in [6, 6.07) is 0. The Morgan fingerprint density at radius 2 is 1.50 bits per heavy atom. The molecular formula is C20H38N4O2. The lowest BCUT2D eigenvalue weighted by Gasteiger charge is -2.15. The average Bonchev–Trinajstić information content (AvgIpc) is 3.12. The first-order valence-corrected chi connectivity index (χ1v) is 10.7. The lowest BCUT2D eigenvalue weighted by Crippen LogP contribution is -2.07. The molecule has 0 bridgehead atoms. The lowest BCUT2D eigenvalue weighted by atomic mass is 9.91. The van der Waals surface area contributed by atoms with E-state index in [-0.39, 0.29) is 0 Å². The summed E-state index contributed by atoms with van der Waals surface area (Å²) in [5, 5.41) is 23.1. The average molecular weight is 367 g/mol. The summed E-state index contributed by atoms with van der Waals surface area (Å²) in [7, 11) is 0. The van der Waals surface area contributed by atoms with Crippen LogP contribution in [0.4, 0.5) is 0 Å². The molecule has 6 nitrogen and oxygen atoms in total. The number of nitrogens with one attached hydrogen (secondary N) is 1. The van der Waals surface area contributed by atoms with Gasteiger partial charge in [-0.3, -0.25) is 4.79 Å². The van der Waals surface area contributed by atoms with E-state index in [1.165, 1.54) is 70.6 Å². The van der Waals surface area contributed by atoms with Crippen LogP contribution in [0.5, 0.6) is 0 Å². The highest BCUT2D eigenvalue weighted by Crippen LogP contribution is 2.22. The van der Waals surface area contributed by atoms with Crippen LogP contribution in [0.25, 0.3) is 0 Å². The van der Waals surface area contributed by atoms with E-state index in [2.05, 4.69) is 27.5 Å². The predicted octanol–water partition coefficient (Wildman–Crippen LogP) is 5.31. The van der Waals surface area contributed by atoms with Gasteiger partial charge in [-0.15, -0.1) is 10.2 Å². The molecule has 0 aliphatic carbocycles. The number of aromatic amines is 1. The Hall–Kier alpha value is -1.46. The molecule has 1 unspecified atom stereocenters. The molecule has 0 fully saturated rings. The van der Waals surface area contributed by atoms with Gasteiger partial charge in [0.25, 0.3) is 0 Å². The zero-order chi connectivity index (χ0) is 18.9. The van der Waals surface area contributed by atoms with Crippen molar-refractivity contribution in [1.82, 2.24) is 20.6 Å². The SMILES string of the molecule is CCCCCCCCC(CCCCCCCCC(=O)O)Cc1nn[nH]n1. The molecule has 1 aromatic heterocycles. The standard InChI is InChI=1S/C20H38N4O2/c1-2-3-4-5-8-11-14-18(17-19-21-23-24-22-19)15-12-9-6-7-10-13-16-20(25)26/h18H,2-17H2,1H3,(H,25,26)(H,21,22,23,24). The minimum absolute atomic E-state index is 0.311. The largest absolute Gasteiger partial charge is 0.481 e. The number of carbonyl (C=O) groups is 1. The van der Waals surface area contributed by atoms with Gasteiger partial charge in [-0.2, -0.15) is 5.21 Å². The van der Waals surface area contributed by atoms with Crippen LogP contribution in [0.15, 0.2) is 0 Å². The third kappa shape index (κ3) is 12.8. The maximum atomic E-state index is 10.5. The van der Waals surface area contributed by atoms with Crippen molar-refractivity contribution in [3.63, 3.8) is 0 Å². The molecule has 0 saturated carbocycles. The molecule has 0 aliphatic heterocycles. The number of nitrogens with zero attached hydrogens (tertiary/aromatic N) is 3. The van der Waals surface area contributed by atoms with Gasteiger partial charge in [-0.25, -0.2) is 0 Å². The van der Waals surface area contributed by atoms with Crippen LogP contribution in [0, 0.1) is 5.92 Å². The highest BCUT2D eigenvalue weighted by molar-refractivity contribution is 5.66. The molecule has 0 aromatic carbocycles. The second-order valence-electron chi connectivity index (χ2n) is 7.51. The summed E-state index contributed by atoms with van der Waals surface area (Å²) < 4.78 is 0. The van der Waals surface area contributed by atoms with E-state index < -0.39 is 5.97 Å². The zero-order valence-electron chi connectivity index (χ0n) is 16.6. The summed E-state index contributed by atoms with van der Waals surface area (Å²) in [5.74, 6) is 0.824. The number of carboxylic acid groups (broad SMARTS) is 1. The van der Waals surface area contributed by atoms with Crippen LogP contribution >= 0.6 is 0 Å². The Morgan fingerprint density at radius 1 is 0.923 bits per heavy atom. The van der Waals surface area contributed by atoms with Crippen LogP contribution in [0.1, 0.15) is 109 Å². The number of H-pyrrole nitrogens is 1. The Kier molecular flexibility index (Phi) is 13.7. The highest BCUT2D eigenvalue weighted by atomic mass is 16.4. The van der Waals surface area contributed by atoms with Crippen molar-refractivity contribution in [3.05, 3.63) is 5.82 Å². The molecule has 6 heteroatoms. The molecule has 0 amide bonds. The van der Waals surface area contributed by atoms with Crippen LogP contribution in [-0.4, -0.2) is 31.7 Å². The molecule has 2 N–H and O–H groups in total. The van der Waals surface area contributed by atoms with Crippen molar-refractivity contribution in [2.75, 3.05) is 0 Å². The van der Waals surface area contributed by atoms with Gasteiger partial charge in [-0.05, 0) is 12.3 Å². The number of hydrogen-bond acceptors (Lipinski definition) is 4. The number of tetrazole rings is 1. The zero-order valence-corrected chi connectivity index (χ0v) is 16.6. The van der Waals surface area contributed by atoms with E-state index in [0.29, 0.717) is 12.3 Å². The van der Waals surface area contributed by atoms with Crippen molar-refractivity contribution in [2.45, 2.75) is 110 Å². The Bertz CT molecular complexity index is 437. The Morgan fingerprint density at radius 3 is 2.04 bits per heavy atom. The monoisotopic (exact) mass is 366 g/mol. The van der Waals surface area contributed by atoms with E-state index in [4.69, 9.17) is 5.11 Å². The van der Waals surface area contributed by atoms with Gasteiger partial charge in [0.15, 0.2) is 5.82 Å². The number of aromatic nitrogens is 4. The molecule has 1 aromatic rings. The smallest absolute Gasteiger partial charge is 0.303 e. The van der Waals surface area contributed by atoms with Crippen LogP contribution in [0.2, 0.25) is 0 Å². The van der Waals surface area contributed by atoms with Crippen molar-refractivity contribution >= 4 is 5.97 Å². The number of aliphatic carboxylic acids is 1. The predicted molar refractivity (Wildman–Crippen MR) is 104 cm³/mol. The number of hydrogen-bond donors (Lipinski definition) is 2. The molecule has 26 heavy (non-hydrogen) atoms. The Balaban J connectivity index is 2.13. The van der Waals surface area contributed by atoms with Crippen LogP contribution in [0.3, 0.4) is 0 Å². The van der Waals surface area contributed by atoms with E-state index >= 15 is 0 Å². The molecule has 0 radical (unpaired) electrons. The molecule has 150 valence electrons. The minimum atomic E-state index is -0.677. The summed E-state index contributed by atoms with van der Waals surface area (Å²) in [5.41, 5.74) is 0. The second kappa shape index (κ2) is 15.8. The first-order valence-electron chi connectivity index (χ1n) is 10.7. The van der Waals surface area contributed by atoms with Crippen LogP contribution < -0.4 is 0 Å². The molecule has 0 spiro atoms. The van der Waals surface area contributed by atoms with Crippen molar-refractivity contribution in [2.24, 2.45) is 5.92 Å². The van der Waals surface area contributed by atoms with Gasteiger partial charge in [0.1, 0.15) is 0 Å². The minimum Gasteiger partial charge on any atom is -0.481 e. The fourth-order valence-electron chi connectivity index (χ4n) is 3.51. The fourth-order valence-corrected chi connectivity index (χ4v) is 3.51. The topological polar surface area (TPSA) is 91.8 Å². The molecule has 0 saturated heterocycles. The number of rotatable bonds is 18. The summed E-state index contributed by atoms with van der Waals surface area (Å²) in [6.07, 6.45) is 18.5. The van der Waals surface area contributed by atoms with Gasteiger partial charge in [-0.1, -0.05) is 95.6 Å². The normalized spacial score (nSPS) is 12.3. The van der Waals surface area contributed by atoms with Gasteiger partial charge in [0.05, 0.1) is 0 Å². The van der Waals surface area contributed by atoms with Gasteiger partial charge in [0, 0.05) is 12.8 Å². The first-order chi connectivity index (χ1) is 12.7. The van der Waals surface area contributed by atoms with Crippen molar-refractivity contribution in [3.8, 4) is 0 Å². The van der Waals surface area contributed by atoms with Crippen molar-refractivity contribution < 1.29 is 9.90 Å². The van der Waals surface area contributed by atoms with Crippen LogP contribution in [-0.2, 0) is 11.2 Å². The number of unbranched alkanes of at least 4 members (excludes halogenated alkanes) is 10. The van der Waals surface area contributed by atoms with E-state index in [0.717, 1.165) is 31.5 Å². The third-order valence-electron chi connectivity index (χ3n) is 5.08. The second-order valence-corrected chi connectivity index (χ2v) is 7.51. The van der Waals surface area contributed by atoms with Crippen molar-refractivity contribution in [1.29, 1.82) is 0 Å². The summed E-state index contributed by atoms with van der Waals surface area (Å²) >= 11 is 0. The molecular weight excluding hydrogens is 328 g/mol. The summed E-state index contributed by atoms with van der Waals surface area (Å²) in [4.78, 5) is 10.5. The van der Waals surface area contributed by atoms with Gasteiger partial charge in [0.2, 0.25) is 0 Å². The molecule has 1 heterocycles. The molecule has 1 rings (SSSR count). The Labute approximate surface area is 158 Å². The fraction of sp³-hybridized carbons (Fsp3) is 0.900. The van der Waals surface area contributed by atoms with Gasteiger partial charge >= 0.3 is 5.97 Å². The summed E-state index contributed by atoms with van der Waals surface area (Å²) in [6.45, 7) is 2.26. The maximum Gasteiger partial charge on any atom is 0.303 e. The highest BCUT2D eigenvalue weighted by Gasteiger charge is 2.12.